The molecule has 130 valence electrons. The minimum absolute atomic E-state index is 0.172. The van der Waals surface area contributed by atoms with E-state index in [2.05, 4.69) is 0 Å². The quantitative estimate of drug-likeness (QED) is 0.404. The van der Waals surface area contributed by atoms with Gasteiger partial charge in [-0.05, 0) is 31.9 Å². The highest BCUT2D eigenvalue weighted by molar-refractivity contribution is 5.54. The van der Waals surface area contributed by atoms with Crippen LogP contribution in [-0.4, -0.2) is 61.2 Å². The van der Waals surface area contributed by atoms with Crippen LogP contribution in [0.4, 0.5) is 0 Å². The smallest absolute Gasteiger partial charge is 0.139 e. The van der Waals surface area contributed by atoms with Crippen molar-refractivity contribution in [1.82, 2.24) is 0 Å². The molecule has 0 spiro atoms. The second kappa shape index (κ2) is 8.42. The number of aryl methyl sites for hydroxylation is 2. The highest BCUT2D eigenvalue weighted by Crippen LogP contribution is 2.17. The second-order valence-corrected chi connectivity index (χ2v) is 5.88. The zero-order valence-electron chi connectivity index (χ0n) is 13.6. The van der Waals surface area contributed by atoms with Crippen LogP contribution in [0.15, 0.2) is 24.0 Å². The molecule has 0 aliphatic rings. The summed E-state index contributed by atoms with van der Waals surface area (Å²) in [5, 5.41) is 58.7. The predicted octanol–water partition coefficient (Wildman–Crippen LogP) is 0.417. The number of aliphatic hydroxyl groups excluding tert-OH is 6. The molecule has 6 heteroatoms. The van der Waals surface area contributed by atoms with Crippen molar-refractivity contribution < 1.29 is 30.6 Å². The van der Waals surface area contributed by atoms with E-state index in [9.17, 15) is 30.6 Å². The molecule has 0 bridgehead atoms. The van der Waals surface area contributed by atoms with Crippen molar-refractivity contribution >= 4 is 6.08 Å². The molecule has 6 nitrogen and oxygen atoms in total. The first-order valence-corrected chi connectivity index (χ1v) is 7.56. The van der Waals surface area contributed by atoms with Crippen molar-refractivity contribution in [2.24, 2.45) is 0 Å². The predicted molar refractivity (Wildman–Crippen MR) is 86.8 cm³/mol. The highest BCUT2D eigenvalue weighted by atomic mass is 16.4. The van der Waals surface area contributed by atoms with E-state index in [4.69, 9.17) is 0 Å². The lowest BCUT2D eigenvalue weighted by Gasteiger charge is -2.28. The molecule has 5 atom stereocenters. The lowest BCUT2D eigenvalue weighted by Crippen LogP contribution is -2.49. The van der Waals surface area contributed by atoms with Crippen LogP contribution in [-0.2, 0) is 0 Å². The molecule has 0 fully saturated rings. The molecular weight excluding hydrogens is 300 g/mol. The van der Waals surface area contributed by atoms with Crippen molar-refractivity contribution in [1.29, 1.82) is 0 Å². The maximum Gasteiger partial charge on any atom is 0.139 e. The van der Waals surface area contributed by atoms with E-state index < -0.39 is 36.3 Å². The molecule has 23 heavy (non-hydrogen) atoms. The van der Waals surface area contributed by atoms with Crippen LogP contribution in [0, 0.1) is 13.8 Å². The van der Waals surface area contributed by atoms with Gasteiger partial charge in [-0.2, -0.15) is 0 Å². The lowest BCUT2D eigenvalue weighted by molar-refractivity contribution is -0.132. The van der Waals surface area contributed by atoms with Crippen molar-refractivity contribution in [2.45, 2.75) is 57.7 Å². The topological polar surface area (TPSA) is 121 Å². The Morgan fingerprint density at radius 3 is 1.91 bits per heavy atom. The first-order chi connectivity index (χ1) is 10.7. The highest BCUT2D eigenvalue weighted by Gasteiger charge is 2.35. The third-order valence-electron chi connectivity index (χ3n) is 3.70. The SMILES string of the molecule is CCC(O)[C@H](O)[C@@H](O)[C@H](O)[C@H](O)C(O)=Cc1cc(C)cc(C)c1. The monoisotopic (exact) mass is 326 g/mol. The Labute approximate surface area is 136 Å². The molecule has 1 aromatic rings. The second-order valence-electron chi connectivity index (χ2n) is 5.88. The standard InChI is InChI=1S/C17H26O6/c1-4-12(18)14(20)16(22)17(23)15(21)13(19)8-11-6-9(2)5-10(3)7-11/h5-8,12,14-23H,4H2,1-3H3/t12?,14-,15+,16+,17+/m0/s1. The van der Waals surface area contributed by atoms with Crippen LogP contribution >= 0.6 is 0 Å². The summed E-state index contributed by atoms with van der Waals surface area (Å²) in [5.74, 6) is -0.542. The summed E-state index contributed by atoms with van der Waals surface area (Å²) in [6, 6.07) is 5.52. The fourth-order valence-corrected chi connectivity index (χ4v) is 2.38. The number of aliphatic hydroxyl groups is 6. The number of hydrogen-bond acceptors (Lipinski definition) is 6. The summed E-state index contributed by atoms with van der Waals surface area (Å²) in [7, 11) is 0. The van der Waals surface area contributed by atoms with Gasteiger partial charge in [-0.1, -0.05) is 36.2 Å². The van der Waals surface area contributed by atoms with Crippen molar-refractivity contribution in [3.05, 3.63) is 40.6 Å². The fraction of sp³-hybridized carbons (Fsp3) is 0.529. The molecule has 0 heterocycles. The van der Waals surface area contributed by atoms with Crippen LogP contribution in [0.25, 0.3) is 6.08 Å². The summed E-state index contributed by atoms with van der Waals surface area (Å²) >= 11 is 0. The Morgan fingerprint density at radius 2 is 1.43 bits per heavy atom. The molecule has 0 radical (unpaired) electrons. The van der Waals surface area contributed by atoms with Gasteiger partial charge in [0.1, 0.15) is 30.2 Å². The van der Waals surface area contributed by atoms with Gasteiger partial charge in [-0.15, -0.1) is 0 Å². The fourth-order valence-electron chi connectivity index (χ4n) is 2.38. The maximum absolute atomic E-state index is 9.95. The molecule has 0 saturated heterocycles. The van der Waals surface area contributed by atoms with Gasteiger partial charge in [0.05, 0.1) is 6.10 Å². The Balaban J connectivity index is 2.89. The summed E-state index contributed by atoms with van der Waals surface area (Å²) in [4.78, 5) is 0. The van der Waals surface area contributed by atoms with Gasteiger partial charge in [0.25, 0.3) is 0 Å². The van der Waals surface area contributed by atoms with Crippen LogP contribution in [0.2, 0.25) is 0 Å². The summed E-state index contributed by atoms with van der Waals surface area (Å²) in [5.41, 5.74) is 2.58. The first-order valence-electron chi connectivity index (χ1n) is 7.56. The van der Waals surface area contributed by atoms with E-state index >= 15 is 0 Å². The van der Waals surface area contributed by atoms with Crippen LogP contribution in [0.3, 0.4) is 0 Å². The molecule has 0 aliphatic heterocycles. The molecule has 1 aromatic carbocycles. The first kappa shape index (κ1) is 19.6. The van der Waals surface area contributed by atoms with Gasteiger partial charge in [-0.25, -0.2) is 0 Å². The van der Waals surface area contributed by atoms with E-state index in [-0.39, 0.29) is 6.42 Å². The Morgan fingerprint density at radius 1 is 0.913 bits per heavy atom. The van der Waals surface area contributed by atoms with Gasteiger partial charge in [0, 0.05) is 0 Å². The summed E-state index contributed by atoms with van der Waals surface area (Å²) in [6.07, 6.45) is -6.84. The zero-order valence-corrected chi connectivity index (χ0v) is 13.6. The molecular formula is C17H26O6. The van der Waals surface area contributed by atoms with Gasteiger partial charge in [-0.3, -0.25) is 0 Å². The average molecular weight is 326 g/mol. The van der Waals surface area contributed by atoms with Crippen molar-refractivity contribution in [3.8, 4) is 0 Å². The van der Waals surface area contributed by atoms with Crippen molar-refractivity contribution in [3.63, 3.8) is 0 Å². The van der Waals surface area contributed by atoms with Gasteiger partial charge < -0.3 is 30.6 Å². The molecule has 0 aromatic heterocycles. The van der Waals surface area contributed by atoms with Gasteiger partial charge in [0.15, 0.2) is 0 Å². The van der Waals surface area contributed by atoms with Crippen molar-refractivity contribution in [2.75, 3.05) is 0 Å². The van der Waals surface area contributed by atoms with Crippen LogP contribution in [0.5, 0.6) is 0 Å². The minimum Gasteiger partial charge on any atom is -0.509 e. The molecule has 0 amide bonds. The summed E-state index contributed by atoms with van der Waals surface area (Å²) in [6.45, 7) is 5.37. The molecule has 0 saturated carbocycles. The third-order valence-corrected chi connectivity index (χ3v) is 3.70. The van der Waals surface area contributed by atoms with E-state index in [1.807, 2.05) is 19.9 Å². The normalized spacial score (nSPS) is 19.0. The largest absolute Gasteiger partial charge is 0.509 e. The Bertz CT molecular complexity index is 522. The summed E-state index contributed by atoms with van der Waals surface area (Å²) < 4.78 is 0. The Kier molecular flexibility index (Phi) is 7.18. The third kappa shape index (κ3) is 5.30. The minimum atomic E-state index is -1.84. The van der Waals surface area contributed by atoms with Crippen LogP contribution in [0.1, 0.15) is 30.0 Å². The maximum atomic E-state index is 9.95. The van der Waals surface area contributed by atoms with E-state index in [0.29, 0.717) is 5.56 Å². The van der Waals surface area contributed by atoms with Gasteiger partial charge >= 0.3 is 0 Å². The number of rotatable bonds is 7. The average Bonchev–Trinajstić information content (AvgIpc) is 2.49. The number of hydrogen-bond donors (Lipinski definition) is 6. The number of benzene rings is 1. The lowest BCUT2D eigenvalue weighted by atomic mass is 9.96. The molecule has 6 N–H and O–H groups in total. The molecule has 1 unspecified atom stereocenters. The Hall–Kier alpha value is -1.44. The van der Waals surface area contributed by atoms with Crippen LogP contribution < -0.4 is 0 Å². The van der Waals surface area contributed by atoms with E-state index in [1.165, 1.54) is 6.08 Å². The molecule has 1 rings (SSSR count). The zero-order chi connectivity index (χ0) is 17.7. The molecule has 0 aliphatic carbocycles. The van der Waals surface area contributed by atoms with Gasteiger partial charge in [0.2, 0.25) is 0 Å². The van der Waals surface area contributed by atoms with E-state index in [0.717, 1.165) is 11.1 Å². The van der Waals surface area contributed by atoms with E-state index in [1.54, 1.807) is 19.1 Å².